The molecular weight excluding hydrogens is 416 g/mol. The van der Waals surface area contributed by atoms with Crippen molar-refractivity contribution in [3.63, 3.8) is 0 Å². The number of unbranched alkanes of at least 4 members (excludes halogenated alkanes) is 8. The summed E-state index contributed by atoms with van der Waals surface area (Å²) in [7, 11) is -0.0512. The van der Waals surface area contributed by atoms with Gasteiger partial charge in [-0.15, -0.1) is 0 Å². The molecule has 0 aliphatic heterocycles. The van der Waals surface area contributed by atoms with E-state index in [0.29, 0.717) is 0 Å². The average Bonchev–Trinajstić information content (AvgIpc) is 2.86. The largest absolute Gasteiger partial charge is 0.166 e. The molecule has 0 aliphatic carbocycles. The van der Waals surface area contributed by atoms with Crippen LogP contribution in [0, 0.1) is 0 Å². The summed E-state index contributed by atoms with van der Waals surface area (Å²) < 4.78 is 0. The lowest BCUT2D eigenvalue weighted by Crippen LogP contribution is -2.05. The summed E-state index contributed by atoms with van der Waals surface area (Å²) in [4.78, 5) is 4.24. The van der Waals surface area contributed by atoms with Gasteiger partial charge in [-0.3, -0.25) is 0 Å². The Bertz CT molecular complexity index is 823. The summed E-state index contributed by atoms with van der Waals surface area (Å²) >= 11 is 0. The van der Waals surface area contributed by atoms with E-state index in [0.717, 1.165) is 0 Å². The highest BCUT2D eigenvalue weighted by molar-refractivity contribution is 7.97. The van der Waals surface area contributed by atoms with Crippen molar-refractivity contribution in [3.05, 3.63) is 90.0 Å². The monoisotopic (exact) mass is 459 g/mol. The van der Waals surface area contributed by atoms with Crippen LogP contribution in [-0.4, -0.2) is 0 Å². The van der Waals surface area contributed by atoms with Crippen molar-refractivity contribution in [3.8, 4) is 0 Å². The molecule has 0 atom stereocenters. The maximum absolute atomic E-state index is 2.37. The van der Waals surface area contributed by atoms with Crippen LogP contribution in [0.5, 0.6) is 0 Å². The Morgan fingerprint density at radius 1 is 0.424 bits per heavy atom. The van der Waals surface area contributed by atoms with Gasteiger partial charge in [0.25, 0.3) is 0 Å². The van der Waals surface area contributed by atoms with Crippen LogP contribution >= 0.6 is 0 Å². The molecule has 0 heterocycles. The van der Waals surface area contributed by atoms with E-state index in [-0.39, 0.29) is 10.9 Å². The molecule has 0 spiro atoms. The van der Waals surface area contributed by atoms with Gasteiger partial charge in [0.1, 0.15) is 0 Å². The zero-order valence-electron chi connectivity index (χ0n) is 20.9. The molecule has 3 aromatic carbocycles. The first kappa shape index (κ1) is 25.6. The second-order valence-electron chi connectivity index (χ2n) is 9.24. The Morgan fingerprint density at radius 2 is 0.818 bits per heavy atom. The summed E-state index contributed by atoms with van der Waals surface area (Å²) in [5.74, 6) is 0. The van der Waals surface area contributed by atoms with Crippen LogP contribution in [0.2, 0.25) is 0 Å². The van der Waals surface area contributed by atoms with Crippen molar-refractivity contribution in [2.24, 2.45) is 0 Å². The molecule has 0 fully saturated rings. The third kappa shape index (κ3) is 8.70. The normalized spacial score (nSPS) is 11.2. The fourth-order valence-electron chi connectivity index (χ4n) is 4.41. The number of hydrogen-bond donors (Lipinski definition) is 0. The fraction of sp³-hybridized carbons (Fsp3) is 0.438. The SMILES string of the molecule is CCCCCCCc1ccc([S+](c2ccccc2)c2ccc(CCCCCCC)cc2)cc1. The number of benzene rings is 3. The predicted octanol–water partition coefficient (Wildman–Crippen LogP) is 9.81. The van der Waals surface area contributed by atoms with Crippen LogP contribution in [-0.2, 0) is 23.7 Å². The summed E-state index contributed by atoms with van der Waals surface area (Å²) in [6.45, 7) is 4.57. The minimum absolute atomic E-state index is 0.0512. The third-order valence-electron chi connectivity index (χ3n) is 6.44. The molecule has 33 heavy (non-hydrogen) atoms. The van der Waals surface area contributed by atoms with Crippen molar-refractivity contribution < 1.29 is 0 Å². The maximum Gasteiger partial charge on any atom is 0.166 e. The highest BCUT2D eigenvalue weighted by atomic mass is 32.2. The quantitative estimate of drug-likeness (QED) is 0.157. The van der Waals surface area contributed by atoms with Gasteiger partial charge in [0, 0.05) is 0 Å². The van der Waals surface area contributed by atoms with E-state index in [4.69, 9.17) is 0 Å². The summed E-state index contributed by atoms with van der Waals surface area (Å²) in [6, 6.07) is 30.0. The Labute approximate surface area is 206 Å². The second kappa shape index (κ2) is 15.0. The topological polar surface area (TPSA) is 0 Å². The lowest BCUT2D eigenvalue weighted by molar-refractivity contribution is 0.632. The lowest BCUT2D eigenvalue weighted by atomic mass is 10.1. The van der Waals surface area contributed by atoms with Gasteiger partial charge in [-0.05, 0) is 73.2 Å². The summed E-state index contributed by atoms with van der Waals surface area (Å²) in [6.07, 6.45) is 15.9. The van der Waals surface area contributed by atoms with Gasteiger partial charge in [0.2, 0.25) is 0 Å². The zero-order chi connectivity index (χ0) is 23.1. The number of hydrogen-bond acceptors (Lipinski definition) is 0. The molecule has 0 bridgehead atoms. The van der Waals surface area contributed by atoms with E-state index < -0.39 is 0 Å². The van der Waals surface area contributed by atoms with Crippen LogP contribution in [0.15, 0.2) is 93.5 Å². The van der Waals surface area contributed by atoms with Crippen LogP contribution in [0.3, 0.4) is 0 Å². The summed E-state index contributed by atoms with van der Waals surface area (Å²) in [5, 5.41) is 0. The van der Waals surface area contributed by atoms with E-state index in [1.54, 1.807) is 0 Å². The van der Waals surface area contributed by atoms with Crippen molar-refractivity contribution in [2.45, 2.75) is 106 Å². The number of aryl methyl sites for hydroxylation is 2. The van der Waals surface area contributed by atoms with Crippen LogP contribution in [0.1, 0.15) is 89.2 Å². The van der Waals surface area contributed by atoms with Gasteiger partial charge in [0.05, 0.1) is 10.9 Å². The number of rotatable bonds is 15. The predicted molar refractivity (Wildman–Crippen MR) is 146 cm³/mol. The van der Waals surface area contributed by atoms with E-state index in [1.165, 1.54) is 103 Å². The molecule has 0 saturated heterocycles. The molecule has 0 radical (unpaired) electrons. The lowest BCUT2D eigenvalue weighted by Gasteiger charge is -2.10. The molecule has 1 heteroatoms. The molecule has 0 amide bonds. The standard InChI is InChI=1S/C32H43S/c1-3-5-7-9-12-16-28-20-24-31(25-21-28)33(30-18-14-11-15-19-30)32-26-22-29(23-27-32)17-13-10-8-6-4-2/h11,14-15,18-27H,3-10,12-13,16-17H2,1-2H3/q+1. The molecule has 3 rings (SSSR count). The fourth-order valence-corrected chi connectivity index (χ4v) is 6.48. The molecule has 0 aromatic heterocycles. The first-order chi connectivity index (χ1) is 16.3. The third-order valence-corrected chi connectivity index (χ3v) is 8.67. The first-order valence-electron chi connectivity index (χ1n) is 13.3. The molecule has 0 unspecified atom stereocenters. The van der Waals surface area contributed by atoms with Crippen LogP contribution < -0.4 is 0 Å². The Balaban J connectivity index is 1.68. The van der Waals surface area contributed by atoms with Gasteiger partial charge in [-0.25, -0.2) is 0 Å². The summed E-state index contributed by atoms with van der Waals surface area (Å²) in [5.41, 5.74) is 2.95. The van der Waals surface area contributed by atoms with Gasteiger partial charge in [-0.2, -0.15) is 0 Å². The Hall–Kier alpha value is -1.99. The van der Waals surface area contributed by atoms with Gasteiger partial charge in [0.15, 0.2) is 14.7 Å². The maximum atomic E-state index is 2.37. The van der Waals surface area contributed by atoms with Crippen molar-refractivity contribution in [2.75, 3.05) is 0 Å². The minimum Gasteiger partial charge on any atom is -0.0654 e. The smallest absolute Gasteiger partial charge is 0.0654 e. The minimum atomic E-state index is -0.0512. The zero-order valence-corrected chi connectivity index (χ0v) is 21.7. The van der Waals surface area contributed by atoms with E-state index in [9.17, 15) is 0 Å². The highest BCUT2D eigenvalue weighted by Gasteiger charge is 2.28. The van der Waals surface area contributed by atoms with E-state index in [1.807, 2.05) is 0 Å². The van der Waals surface area contributed by atoms with Crippen molar-refractivity contribution >= 4 is 10.9 Å². The van der Waals surface area contributed by atoms with E-state index >= 15 is 0 Å². The highest BCUT2D eigenvalue weighted by Crippen LogP contribution is 2.31. The molecule has 3 aromatic rings. The Kier molecular flexibility index (Phi) is 11.7. The average molecular weight is 460 g/mol. The van der Waals surface area contributed by atoms with Gasteiger partial charge >= 0.3 is 0 Å². The second-order valence-corrected chi connectivity index (χ2v) is 11.3. The van der Waals surface area contributed by atoms with Crippen molar-refractivity contribution in [1.82, 2.24) is 0 Å². The molecular formula is C32H43S+. The van der Waals surface area contributed by atoms with Crippen LogP contribution in [0.25, 0.3) is 0 Å². The Morgan fingerprint density at radius 3 is 1.24 bits per heavy atom. The molecule has 176 valence electrons. The molecule has 0 nitrogen and oxygen atoms in total. The van der Waals surface area contributed by atoms with Gasteiger partial charge < -0.3 is 0 Å². The first-order valence-corrected chi connectivity index (χ1v) is 14.5. The van der Waals surface area contributed by atoms with E-state index in [2.05, 4.69) is 92.7 Å². The molecule has 0 saturated carbocycles. The van der Waals surface area contributed by atoms with Crippen molar-refractivity contribution in [1.29, 1.82) is 0 Å². The molecule has 0 aliphatic rings. The van der Waals surface area contributed by atoms with Crippen LogP contribution in [0.4, 0.5) is 0 Å². The van der Waals surface area contributed by atoms with Gasteiger partial charge in [-0.1, -0.05) is 108 Å². The molecule has 0 N–H and O–H groups in total.